The summed E-state index contributed by atoms with van der Waals surface area (Å²) in [6.45, 7) is 25.4. The van der Waals surface area contributed by atoms with E-state index in [9.17, 15) is 4.79 Å². The minimum absolute atomic E-state index is 0.262. The number of aryl methyl sites for hydroxylation is 12. The molecule has 0 aliphatic rings. The predicted molar refractivity (Wildman–Crippen MR) is 178 cm³/mol. The smallest absolute Gasteiger partial charge is 0.322 e. The summed E-state index contributed by atoms with van der Waals surface area (Å²) in [6.07, 6.45) is 1.72. The molecule has 0 bridgehead atoms. The molecule has 0 aliphatic carbocycles. The molecule has 0 unspecified atom stereocenters. The van der Waals surface area contributed by atoms with Gasteiger partial charge in [0.1, 0.15) is 12.2 Å². The number of hydrogen-bond donors (Lipinski definition) is 0. The largest absolute Gasteiger partial charge is 0.433 e. The summed E-state index contributed by atoms with van der Waals surface area (Å²) in [5, 5.41) is 0. The normalized spacial score (nSPS) is 11.2. The lowest BCUT2D eigenvalue weighted by atomic mass is 9.80. The number of hydrogen-bond acceptors (Lipinski definition) is 2. The minimum atomic E-state index is -0.538. The fourth-order valence-electron chi connectivity index (χ4n) is 7.31. The molecule has 4 aromatic carbocycles. The van der Waals surface area contributed by atoms with E-state index in [4.69, 9.17) is 4.74 Å². The van der Waals surface area contributed by atoms with Crippen molar-refractivity contribution in [3.05, 3.63) is 144 Å². The van der Waals surface area contributed by atoms with Crippen molar-refractivity contribution in [1.29, 1.82) is 0 Å². The lowest BCUT2D eigenvalue weighted by molar-refractivity contribution is -0.138. The van der Waals surface area contributed by atoms with E-state index in [0.29, 0.717) is 0 Å². The summed E-state index contributed by atoms with van der Waals surface area (Å²) in [4.78, 5) is 14.5. The molecule has 2 nitrogen and oxygen atoms in total. The van der Waals surface area contributed by atoms with Gasteiger partial charge in [0.05, 0.1) is 0 Å². The lowest BCUT2D eigenvalue weighted by Gasteiger charge is -2.25. The maximum absolute atomic E-state index is 14.5. The van der Waals surface area contributed by atoms with Crippen molar-refractivity contribution in [3.8, 4) is 0 Å². The third kappa shape index (κ3) is 6.14. The van der Waals surface area contributed by atoms with Gasteiger partial charge in [-0.2, -0.15) is 0 Å². The number of carbonyl (C=O) groups excluding carboxylic acids is 1. The standard InChI is InChI=1S/C40H46O2/c1-22-13-26(5)35(27(6)14-22)34(36-28(7)15-23(2)16-29(36)8)21-42-40(41)39(37-30(9)17-24(3)18-31(37)10)38-32(11)19-25(4)20-33(38)12/h13-21,39H,1-12H3. The average molecular weight is 559 g/mol. The van der Waals surface area contributed by atoms with E-state index in [1.54, 1.807) is 6.26 Å². The maximum Gasteiger partial charge on any atom is 0.322 e. The maximum atomic E-state index is 14.5. The molecule has 0 amide bonds. The first-order chi connectivity index (χ1) is 19.7. The number of benzene rings is 4. The Morgan fingerprint density at radius 3 is 1.02 bits per heavy atom. The molecule has 218 valence electrons. The van der Waals surface area contributed by atoms with Crippen molar-refractivity contribution in [1.82, 2.24) is 0 Å². The molecular weight excluding hydrogens is 512 g/mol. The van der Waals surface area contributed by atoms with Gasteiger partial charge in [-0.05, 0) is 150 Å². The van der Waals surface area contributed by atoms with E-state index in [-0.39, 0.29) is 5.97 Å². The summed E-state index contributed by atoms with van der Waals surface area (Å²) in [5.74, 6) is -0.799. The summed E-state index contributed by atoms with van der Waals surface area (Å²) >= 11 is 0. The van der Waals surface area contributed by atoms with Crippen molar-refractivity contribution in [3.63, 3.8) is 0 Å². The molecule has 42 heavy (non-hydrogen) atoms. The highest BCUT2D eigenvalue weighted by Crippen LogP contribution is 2.38. The van der Waals surface area contributed by atoms with Crippen LogP contribution in [0.2, 0.25) is 0 Å². The molecule has 4 rings (SSSR count). The Balaban J connectivity index is 1.96. The van der Waals surface area contributed by atoms with Gasteiger partial charge >= 0.3 is 5.97 Å². The Morgan fingerprint density at radius 1 is 0.476 bits per heavy atom. The van der Waals surface area contributed by atoms with Gasteiger partial charge in [-0.25, -0.2) is 0 Å². The topological polar surface area (TPSA) is 26.3 Å². The minimum Gasteiger partial charge on any atom is -0.433 e. The van der Waals surface area contributed by atoms with Gasteiger partial charge in [0.15, 0.2) is 0 Å². The van der Waals surface area contributed by atoms with Crippen LogP contribution >= 0.6 is 0 Å². The first-order valence-corrected chi connectivity index (χ1v) is 14.9. The van der Waals surface area contributed by atoms with E-state index >= 15 is 0 Å². The first-order valence-electron chi connectivity index (χ1n) is 14.9. The van der Waals surface area contributed by atoms with E-state index in [0.717, 1.165) is 50.1 Å². The van der Waals surface area contributed by atoms with E-state index in [1.165, 1.54) is 44.5 Å². The van der Waals surface area contributed by atoms with Crippen molar-refractivity contribution in [2.24, 2.45) is 0 Å². The van der Waals surface area contributed by atoms with Crippen LogP contribution in [-0.2, 0) is 9.53 Å². The summed E-state index contributed by atoms with van der Waals surface area (Å²) in [6, 6.07) is 17.5. The van der Waals surface area contributed by atoms with Gasteiger partial charge in [-0.15, -0.1) is 0 Å². The second kappa shape index (κ2) is 12.1. The molecule has 0 saturated heterocycles. The molecular formula is C40H46O2. The van der Waals surface area contributed by atoms with E-state index < -0.39 is 5.92 Å². The number of carbonyl (C=O) groups is 1. The monoisotopic (exact) mass is 558 g/mol. The molecule has 0 atom stereocenters. The van der Waals surface area contributed by atoms with Crippen molar-refractivity contribution in [2.45, 2.75) is 89.0 Å². The van der Waals surface area contributed by atoms with Crippen LogP contribution in [0.1, 0.15) is 94.9 Å². The molecule has 0 heterocycles. The lowest BCUT2D eigenvalue weighted by Crippen LogP contribution is -2.20. The SMILES string of the molecule is Cc1cc(C)c(C(=COC(=O)C(c2c(C)cc(C)cc2C)c2c(C)cc(C)cc2C)c2c(C)cc(C)cc2C)c(C)c1. The molecule has 4 aromatic rings. The zero-order chi connectivity index (χ0) is 31.0. The Hall–Kier alpha value is -3.91. The van der Waals surface area contributed by atoms with Crippen LogP contribution in [0.5, 0.6) is 0 Å². The van der Waals surface area contributed by atoms with E-state index in [1.807, 2.05) is 0 Å². The second-order valence-corrected chi connectivity index (χ2v) is 12.6. The molecule has 0 fully saturated rings. The van der Waals surface area contributed by atoms with Crippen LogP contribution in [0, 0.1) is 83.1 Å². The van der Waals surface area contributed by atoms with Gasteiger partial charge in [0.25, 0.3) is 0 Å². The third-order valence-electron chi connectivity index (χ3n) is 8.47. The van der Waals surface area contributed by atoms with Crippen LogP contribution in [0.25, 0.3) is 5.57 Å². The number of ether oxygens (including phenoxy) is 1. The molecule has 0 aliphatic heterocycles. The predicted octanol–water partition coefficient (Wildman–Crippen LogP) is 10.2. The average Bonchev–Trinajstić information content (AvgIpc) is 2.83. The van der Waals surface area contributed by atoms with Crippen molar-refractivity contribution < 1.29 is 9.53 Å². The highest BCUT2D eigenvalue weighted by atomic mass is 16.5. The Labute approximate surface area is 253 Å². The summed E-state index contributed by atoms with van der Waals surface area (Å²) in [5.41, 5.74) is 19.1. The van der Waals surface area contributed by atoms with Gasteiger partial charge in [-0.1, -0.05) is 70.8 Å². The zero-order valence-electron chi connectivity index (χ0n) is 27.6. The van der Waals surface area contributed by atoms with Crippen LogP contribution in [0.4, 0.5) is 0 Å². The fourth-order valence-corrected chi connectivity index (χ4v) is 7.31. The first kappa shape index (κ1) is 31.0. The molecule has 0 saturated carbocycles. The van der Waals surface area contributed by atoms with Crippen LogP contribution in [0.15, 0.2) is 54.8 Å². The summed E-state index contributed by atoms with van der Waals surface area (Å²) in [7, 11) is 0. The van der Waals surface area contributed by atoms with Gasteiger partial charge in [0, 0.05) is 5.57 Å². The second-order valence-electron chi connectivity index (χ2n) is 12.6. The Kier molecular flexibility index (Phi) is 8.97. The highest BCUT2D eigenvalue weighted by molar-refractivity contribution is 5.89. The highest BCUT2D eigenvalue weighted by Gasteiger charge is 2.31. The quantitative estimate of drug-likeness (QED) is 0.174. The van der Waals surface area contributed by atoms with Crippen LogP contribution < -0.4 is 0 Å². The van der Waals surface area contributed by atoms with Gasteiger partial charge in [0.2, 0.25) is 0 Å². The molecule has 0 spiro atoms. The van der Waals surface area contributed by atoms with Crippen LogP contribution in [0.3, 0.4) is 0 Å². The Morgan fingerprint density at radius 2 is 0.738 bits per heavy atom. The van der Waals surface area contributed by atoms with Crippen molar-refractivity contribution in [2.75, 3.05) is 0 Å². The number of rotatable bonds is 6. The third-order valence-corrected chi connectivity index (χ3v) is 8.47. The van der Waals surface area contributed by atoms with Crippen LogP contribution in [-0.4, -0.2) is 5.97 Å². The van der Waals surface area contributed by atoms with Gasteiger partial charge in [-0.3, -0.25) is 4.79 Å². The fraction of sp³-hybridized carbons (Fsp3) is 0.325. The zero-order valence-corrected chi connectivity index (χ0v) is 27.6. The molecule has 0 aromatic heterocycles. The summed E-state index contributed by atoms with van der Waals surface area (Å²) < 4.78 is 6.34. The Bertz CT molecular complexity index is 1520. The van der Waals surface area contributed by atoms with E-state index in [2.05, 4.69) is 132 Å². The van der Waals surface area contributed by atoms with Crippen molar-refractivity contribution >= 4 is 11.5 Å². The molecule has 2 heteroatoms. The number of esters is 1. The molecule has 0 radical (unpaired) electrons. The van der Waals surface area contributed by atoms with Gasteiger partial charge < -0.3 is 4.74 Å². The molecule has 0 N–H and O–H groups in total.